The second-order valence-electron chi connectivity index (χ2n) is 6.97. The van der Waals surface area contributed by atoms with Crippen LogP contribution >= 0.6 is 11.3 Å². The fraction of sp³-hybridized carbons (Fsp3) is 0.556. The molecule has 2 aromatic heterocycles. The van der Waals surface area contributed by atoms with Crippen molar-refractivity contribution in [3.05, 3.63) is 10.9 Å². The summed E-state index contributed by atoms with van der Waals surface area (Å²) in [6.45, 7) is 7.55. The molecule has 2 aromatic rings. The molecule has 0 aliphatic carbocycles. The molecule has 2 amide bonds. The van der Waals surface area contributed by atoms with E-state index in [-0.39, 0.29) is 17.9 Å². The molecule has 0 bridgehead atoms. The number of nitrogens with zero attached hydrogens (tertiary/aromatic N) is 4. The number of fused-ring (bicyclic) bond motifs is 1. The molecule has 0 radical (unpaired) electrons. The van der Waals surface area contributed by atoms with Gasteiger partial charge in [0.25, 0.3) is 0 Å². The fourth-order valence-corrected chi connectivity index (χ4v) is 4.57. The van der Waals surface area contributed by atoms with Crippen molar-refractivity contribution in [2.75, 3.05) is 42.9 Å². The smallest absolute Gasteiger partial charge is 0.245 e. The predicted octanol–water partition coefficient (Wildman–Crippen LogP) is 1.36. The van der Waals surface area contributed by atoms with Crippen LogP contribution in [0.5, 0.6) is 0 Å². The molecule has 0 aromatic carbocycles. The maximum Gasteiger partial charge on any atom is 0.245 e. The van der Waals surface area contributed by atoms with Crippen molar-refractivity contribution in [2.24, 2.45) is 0 Å². The minimum Gasteiger partial charge on any atom is -0.370 e. The number of amides is 2. The van der Waals surface area contributed by atoms with Crippen LogP contribution in [0.1, 0.15) is 25.3 Å². The van der Waals surface area contributed by atoms with Crippen LogP contribution in [0.15, 0.2) is 5.38 Å². The van der Waals surface area contributed by atoms with E-state index < -0.39 is 0 Å². The molecular weight excluding hydrogens is 364 g/mol. The Morgan fingerprint density at radius 3 is 2.78 bits per heavy atom. The molecule has 4 rings (SSSR count). The highest BCUT2D eigenvalue weighted by molar-refractivity contribution is 7.17. The number of carbonyl (C=O) groups is 2. The third-order valence-electron chi connectivity index (χ3n) is 5.12. The summed E-state index contributed by atoms with van der Waals surface area (Å²) in [7, 11) is 0. The van der Waals surface area contributed by atoms with Gasteiger partial charge in [-0.25, -0.2) is 4.98 Å². The molecule has 0 unspecified atom stereocenters. The average Bonchev–Trinajstić information content (AvgIpc) is 3.27. The van der Waals surface area contributed by atoms with Crippen LogP contribution in [0, 0.1) is 6.92 Å². The molecule has 2 aliphatic heterocycles. The summed E-state index contributed by atoms with van der Waals surface area (Å²) >= 11 is 1.63. The van der Waals surface area contributed by atoms with Crippen LogP contribution in [0.2, 0.25) is 0 Å². The molecule has 2 N–H and O–H groups in total. The Labute approximate surface area is 162 Å². The number of rotatable bonds is 4. The lowest BCUT2D eigenvalue weighted by molar-refractivity contribution is -0.134. The van der Waals surface area contributed by atoms with E-state index in [1.54, 1.807) is 11.3 Å². The second kappa shape index (κ2) is 7.30. The first-order valence-electron chi connectivity index (χ1n) is 9.39. The summed E-state index contributed by atoms with van der Waals surface area (Å²) < 4.78 is 0. The summed E-state index contributed by atoms with van der Waals surface area (Å²) in [6, 6.07) is -0.355. The SMILES string of the molecule is CCNc1nc(N2CCN(C(=O)[C@H]3CCC(=O)N3)CC2)nc2scc(C)c12. The molecule has 2 aliphatic rings. The molecule has 4 heterocycles. The monoisotopic (exact) mass is 388 g/mol. The highest BCUT2D eigenvalue weighted by Gasteiger charge is 2.32. The van der Waals surface area contributed by atoms with Crippen molar-refractivity contribution < 1.29 is 9.59 Å². The van der Waals surface area contributed by atoms with Crippen LogP contribution in [-0.4, -0.2) is 65.4 Å². The number of carbonyl (C=O) groups excluding carboxylic acids is 2. The van der Waals surface area contributed by atoms with Crippen LogP contribution in [-0.2, 0) is 9.59 Å². The minimum absolute atomic E-state index is 0.0269. The zero-order chi connectivity index (χ0) is 19.0. The van der Waals surface area contributed by atoms with Crippen molar-refractivity contribution in [3.8, 4) is 0 Å². The lowest BCUT2D eigenvalue weighted by Crippen LogP contribution is -2.53. The number of aryl methyl sites for hydroxylation is 1. The number of piperazine rings is 1. The zero-order valence-corrected chi connectivity index (χ0v) is 16.4. The second-order valence-corrected chi connectivity index (χ2v) is 7.83. The quantitative estimate of drug-likeness (QED) is 0.822. The van der Waals surface area contributed by atoms with Gasteiger partial charge in [-0.3, -0.25) is 9.59 Å². The first kappa shape index (κ1) is 18.0. The van der Waals surface area contributed by atoms with Crippen molar-refractivity contribution in [2.45, 2.75) is 32.7 Å². The molecule has 0 spiro atoms. The molecule has 2 fully saturated rings. The summed E-state index contributed by atoms with van der Waals surface area (Å²) in [6.07, 6.45) is 1.04. The van der Waals surface area contributed by atoms with E-state index in [4.69, 9.17) is 9.97 Å². The highest BCUT2D eigenvalue weighted by Crippen LogP contribution is 2.31. The van der Waals surface area contributed by atoms with Gasteiger partial charge in [0.1, 0.15) is 16.7 Å². The van der Waals surface area contributed by atoms with Gasteiger partial charge in [-0.1, -0.05) is 0 Å². The minimum atomic E-state index is -0.355. The summed E-state index contributed by atoms with van der Waals surface area (Å²) in [4.78, 5) is 38.4. The number of hydrogen-bond acceptors (Lipinski definition) is 7. The van der Waals surface area contributed by atoms with Crippen LogP contribution in [0.25, 0.3) is 10.2 Å². The molecule has 144 valence electrons. The van der Waals surface area contributed by atoms with Gasteiger partial charge < -0.3 is 20.4 Å². The van der Waals surface area contributed by atoms with Gasteiger partial charge in [-0.2, -0.15) is 4.98 Å². The Balaban J connectivity index is 1.48. The van der Waals surface area contributed by atoms with E-state index in [9.17, 15) is 9.59 Å². The van der Waals surface area contributed by atoms with Crippen molar-refractivity contribution in [3.63, 3.8) is 0 Å². The maximum atomic E-state index is 12.6. The van der Waals surface area contributed by atoms with Crippen molar-refractivity contribution in [1.82, 2.24) is 20.2 Å². The summed E-state index contributed by atoms with van der Waals surface area (Å²) in [5.74, 6) is 1.58. The van der Waals surface area contributed by atoms with E-state index >= 15 is 0 Å². The van der Waals surface area contributed by atoms with E-state index in [0.29, 0.717) is 45.0 Å². The Bertz CT molecular complexity index is 874. The average molecular weight is 388 g/mol. The third-order valence-corrected chi connectivity index (χ3v) is 6.11. The first-order valence-corrected chi connectivity index (χ1v) is 10.3. The highest BCUT2D eigenvalue weighted by atomic mass is 32.1. The molecule has 8 nitrogen and oxygen atoms in total. The van der Waals surface area contributed by atoms with Crippen LogP contribution < -0.4 is 15.5 Å². The largest absolute Gasteiger partial charge is 0.370 e. The van der Waals surface area contributed by atoms with Crippen LogP contribution in [0.3, 0.4) is 0 Å². The number of aromatic nitrogens is 2. The van der Waals surface area contributed by atoms with Gasteiger partial charge in [0, 0.05) is 39.1 Å². The van der Waals surface area contributed by atoms with Gasteiger partial charge in [0.2, 0.25) is 17.8 Å². The number of anilines is 2. The standard InChI is InChI=1S/C18H24N6O2S/c1-3-19-15-14-11(2)10-27-16(14)22-18(21-15)24-8-6-23(7-9-24)17(26)12-4-5-13(25)20-12/h10,12H,3-9H2,1-2H3,(H,20,25)(H,19,21,22)/t12-/m1/s1. The number of thiophene rings is 1. The van der Waals surface area contributed by atoms with Crippen molar-refractivity contribution >= 4 is 45.1 Å². The van der Waals surface area contributed by atoms with Gasteiger partial charge in [-0.15, -0.1) is 11.3 Å². The molecule has 27 heavy (non-hydrogen) atoms. The van der Waals surface area contributed by atoms with Crippen molar-refractivity contribution in [1.29, 1.82) is 0 Å². The maximum absolute atomic E-state index is 12.6. The number of nitrogens with one attached hydrogen (secondary N) is 2. The Hall–Kier alpha value is -2.42. The Morgan fingerprint density at radius 2 is 2.11 bits per heavy atom. The first-order chi connectivity index (χ1) is 13.1. The van der Waals surface area contributed by atoms with Gasteiger partial charge in [0.15, 0.2) is 0 Å². The van der Waals surface area contributed by atoms with Gasteiger partial charge in [-0.05, 0) is 31.2 Å². The van der Waals surface area contributed by atoms with E-state index in [1.807, 2.05) is 4.90 Å². The lowest BCUT2D eigenvalue weighted by atomic mass is 10.2. The molecule has 2 saturated heterocycles. The third kappa shape index (κ3) is 3.43. The molecular formula is C18H24N6O2S. The molecule has 0 saturated carbocycles. The summed E-state index contributed by atoms with van der Waals surface area (Å²) in [5.41, 5.74) is 1.19. The zero-order valence-electron chi connectivity index (χ0n) is 15.6. The lowest BCUT2D eigenvalue weighted by Gasteiger charge is -2.36. The normalized spacial score (nSPS) is 20.2. The van der Waals surface area contributed by atoms with E-state index in [0.717, 1.165) is 22.6 Å². The van der Waals surface area contributed by atoms with Gasteiger partial charge in [0.05, 0.1) is 5.39 Å². The fourth-order valence-electron chi connectivity index (χ4n) is 3.66. The number of hydrogen-bond donors (Lipinski definition) is 2. The summed E-state index contributed by atoms with van der Waals surface area (Å²) in [5, 5.41) is 9.31. The topological polar surface area (TPSA) is 90.5 Å². The van der Waals surface area contributed by atoms with E-state index in [1.165, 1.54) is 5.56 Å². The van der Waals surface area contributed by atoms with E-state index in [2.05, 4.69) is 34.8 Å². The molecule has 9 heteroatoms. The Morgan fingerprint density at radius 1 is 1.33 bits per heavy atom. The Kier molecular flexibility index (Phi) is 4.86. The van der Waals surface area contributed by atoms with Crippen LogP contribution in [0.4, 0.5) is 11.8 Å². The molecule has 1 atom stereocenters. The van der Waals surface area contributed by atoms with Gasteiger partial charge >= 0.3 is 0 Å². The predicted molar refractivity (Wildman–Crippen MR) is 106 cm³/mol.